The molecule has 2 atom stereocenters. The van der Waals surface area contributed by atoms with Crippen molar-refractivity contribution in [3.63, 3.8) is 0 Å². The van der Waals surface area contributed by atoms with E-state index in [1.54, 1.807) is 25.3 Å². The van der Waals surface area contributed by atoms with Crippen molar-refractivity contribution >= 4 is 44.9 Å². The molecule has 304 valence electrons. The monoisotopic (exact) mass is 792 g/mol. The van der Waals surface area contributed by atoms with Crippen LogP contribution < -0.4 is 9.64 Å². The first kappa shape index (κ1) is 43.4. The first-order valence-corrected chi connectivity index (χ1v) is 20.8. The van der Waals surface area contributed by atoms with Crippen molar-refractivity contribution in [3.8, 4) is 17.3 Å². The molecule has 0 amide bonds. The molecule has 0 radical (unpaired) electrons. The summed E-state index contributed by atoms with van der Waals surface area (Å²) in [5.41, 5.74) is 1.06. The van der Waals surface area contributed by atoms with Crippen LogP contribution in [0.25, 0.3) is 32.9 Å². The Balaban J connectivity index is 0.000000194. The third kappa shape index (κ3) is 11.9. The van der Waals surface area contributed by atoms with Crippen LogP contribution in [-0.4, -0.2) is 109 Å². The number of carbonyl (C=O) groups excluding carboxylic acids is 1. The molecule has 8 rings (SSSR count). The Bertz CT molecular complexity index is 1860. The van der Waals surface area contributed by atoms with E-state index in [2.05, 4.69) is 43.5 Å². The zero-order valence-electron chi connectivity index (χ0n) is 33.6. The van der Waals surface area contributed by atoms with Crippen LogP contribution >= 0.6 is 11.6 Å². The standard InChI is InChI=1S/C24H22ClFN4O.C9H15NO2.C7H12FN.C4H10/c1-31-24-28-22-17(23(29-24)30-12-4-2-3-5-13-30)14-27-21(20(22)26)16-10-6-8-15-9-7-11-18(25)19(15)16;1-9(11)3-2-4-10-5-7-12-8-6-10;8-6-4-7-2-1-3-9(7)5-6;1-3-4-2/h6-11,14H,2-5,12-13H2,1H3;2-3H,4-8H2,1H3;6-7H,1-5H2;3-4H2,1-2H3/b;3-2+;;. The summed E-state index contributed by atoms with van der Waals surface area (Å²) in [6, 6.07) is 12.1. The average molecular weight is 793 g/mol. The molecule has 0 N–H and O–H groups in total. The minimum atomic E-state index is -0.518. The van der Waals surface area contributed by atoms with Crippen LogP contribution in [0.3, 0.4) is 0 Å². The lowest BCUT2D eigenvalue weighted by Crippen LogP contribution is -2.36. The number of fused-ring (bicyclic) bond motifs is 3. The van der Waals surface area contributed by atoms with Crippen LogP contribution in [0.15, 0.2) is 54.7 Å². The number of ketones is 1. The molecule has 4 fully saturated rings. The molecular weight excluding hydrogens is 734 g/mol. The SMILES string of the molecule is CC(=O)/C=C/CN1CCOCC1.CCCC.COc1nc(N2CCCCCC2)c2cnc(-c3cccc4cccc(Cl)c34)c(F)c2n1.FC1CC2CCCN2C1. The van der Waals surface area contributed by atoms with E-state index in [4.69, 9.17) is 21.1 Å². The van der Waals surface area contributed by atoms with Crippen molar-refractivity contribution < 1.29 is 23.0 Å². The second kappa shape index (κ2) is 22.2. The minimum Gasteiger partial charge on any atom is -0.467 e. The van der Waals surface area contributed by atoms with Gasteiger partial charge in [-0.15, -0.1) is 0 Å². The van der Waals surface area contributed by atoms with Crippen molar-refractivity contribution in [1.29, 1.82) is 0 Å². The third-order valence-electron chi connectivity index (χ3n) is 10.6. The van der Waals surface area contributed by atoms with Gasteiger partial charge in [0.25, 0.3) is 0 Å². The summed E-state index contributed by atoms with van der Waals surface area (Å²) >= 11 is 6.47. The van der Waals surface area contributed by atoms with Crippen LogP contribution in [0.4, 0.5) is 14.6 Å². The molecule has 0 saturated carbocycles. The van der Waals surface area contributed by atoms with Gasteiger partial charge < -0.3 is 14.4 Å². The molecule has 2 aromatic heterocycles. The van der Waals surface area contributed by atoms with Gasteiger partial charge in [0.15, 0.2) is 11.6 Å². The maximum absolute atomic E-state index is 15.9. The zero-order chi connectivity index (χ0) is 39.9. The van der Waals surface area contributed by atoms with Gasteiger partial charge in [-0.05, 0) is 63.1 Å². The summed E-state index contributed by atoms with van der Waals surface area (Å²) in [6.45, 7) is 14.0. The van der Waals surface area contributed by atoms with Crippen molar-refractivity contribution in [2.75, 3.05) is 71.0 Å². The Hall–Kier alpha value is -3.77. The molecule has 12 heteroatoms. The Kier molecular flexibility index (Phi) is 17.2. The van der Waals surface area contributed by atoms with Crippen LogP contribution in [0, 0.1) is 5.82 Å². The van der Waals surface area contributed by atoms with E-state index < -0.39 is 12.0 Å². The molecule has 0 spiro atoms. The number of methoxy groups -OCH3 is 1. The van der Waals surface area contributed by atoms with Gasteiger partial charge in [0.2, 0.25) is 0 Å². The van der Waals surface area contributed by atoms with E-state index in [-0.39, 0.29) is 23.0 Å². The topological polar surface area (TPSA) is 83.9 Å². The predicted octanol–water partition coefficient (Wildman–Crippen LogP) is 9.49. The number of allylic oxidation sites excluding steroid dienone is 1. The molecule has 56 heavy (non-hydrogen) atoms. The van der Waals surface area contributed by atoms with Crippen molar-refractivity contribution in [3.05, 3.63) is 65.6 Å². The lowest BCUT2D eigenvalue weighted by atomic mass is 10.0. The summed E-state index contributed by atoms with van der Waals surface area (Å²) < 4.78 is 39.0. The fourth-order valence-corrected chi connectivity index (χ4v) is 7.78. The van der Waals surface area contributed by atoms with Crippen LogP contribution in [-0.2, 0) is 9.53 Å². The highest BCUT2D eigenvalue weighted by molar-refractivity contribution is 6.36. The zero-order valence-corrected chi connectivity index (χ0v) is 34.4. The number of carbonyl (C=O) groups is 1. The molecule has 0 bridgehead atoms. The summed E-state index contributed by atoms with van der Waals surface area (Å²) in [5.74, 6) is 0.294. The maximum Gasteiger partial charge on any atom is 0.318 e. The smallest absolute Gasteiger partial charge is 0.318 e. The minimum absolute atomic E-state index is 0.114. The Morgan fingerprint density at radius 1 is 0.982 bits per heavy atom. The summed E-state index contributed by atoms with van der Waals surface area (Å²) in [5, 5.41) is 2.85. The number of hydrogen-bond acceptors (Lipinski definition) is 9. The maximum atomic E-state index is 15.9. The highest BCUT2D eigenvalue weighted by Crippen LogP contribution is 2.37. The van der Waals surface area contributed by atoms with E-state index in [9.17, 15) is 9.18 Å². The highest BCUT2D eigenvalue weighted by atomic mass is 35.5. The second-order valence-corrected chi connectivity index (χ2v) is 15.2. The molecule has 0 aliphatic carbocycles. The number of aromatic nitrogens is 3. The highest BCUT2D eigenvalue weighted by Gasteiger charge is 2.34. The average Bonchev–Trinajstić information content (AvgIpc) is 3.68. The number of nitrogens with zero attached hydrogens (tertiary/aromatic N) is 6. The number of halogens is 3. The van der Waals surface area contributed by atoms with Gasteiger partial charge in [-0.1, -0.05) is 87.5 Å². The predicted molar refractivity (Wildman–Crippen MR) is 224 cm³/mol. The van der Waals surface area contributed by atoms with E-state index >= 15 is 4.39 Å². The number of unbranched alkanes of at least 4 members (excludes halogenated alkanes) is 1. The Morgan fingerprint density at radius 3 is 2.36 bits per heavy atom. The molecule has 4 aliphatic heterocycles. The van der Waals surface area contributed by atoms with Gasteiger partial charge >= 0.3 is 6.01 Å². The number of anilines is 1. The normalized spacial score (nSPS) is 20.0. The fraction of sp³-hybridized carbons (Fsp3) is 0.545. The third-order valence-corrected chi connectivity index (χ3v) is 10.9. The first-order chi connectivity index (χ1) is 27.2. The quantitative estimate of drug-likeness (QED) is 0.170. The van der Waals surface area contributed by atoms with E-state index in [1.807, 2.05) is 36.4 Å². The molecule has 2 aromatic carbocycles. The number of pyridine rings is 1. The number of ether oxygens (including phenoxy) is 2. The Morgan fingerprint density at radius 2 is 1.70 bits per heavy atom. The van der Waals surface area contributed by atoms with Crippen molar-refractivity contribution in [2.45, 2.75) is 90.8 Å². The first-order valence-electron chi connectivity index (χ1n) is 20.4. The van der Waals surface area contributed by atoms with Crippen molar-refractivity contribution in [2.24, 2.45) is 0 Å². The summed E-state index contributed by atoms with van der Waals surface area (Å²) in [6.07, 6.45) is 15.2. The number of hydrogen-bond donors (Lipinski definition) is 0. The van der Waals surface area contributed by atoms with Crippen LogP contribution in [0.5, 0.6) is 6.01 Å². The number of benzene rings is 2. The fourth-order valence-electron chi connectivity index (χ4n) is 7.49. The second-order valence-electron chi connectivity index (χ2n) is 14.8. The summed E-state index contributed by atoms with van der Waals surface area (Å²) in [4.78, 5) is 30.7. The molecule has 4 saturated heterocycles. The molecule has 2 unspecified atom stereocenters. The lowest BCUT2D eigenvalue weighted by Gasteiger charge is -2.24. The van der Waals surface area contributed by atoms with Gasteiger partial charge in [-0.2, -0.15) is 9.97 Å². The molecule has 6 heterocycles. The summed E-state index contributed by atoms with van der Waals surface area (Å²) in [7, 11) is 1.50. The van der Waals surface area contributed by atoms with Gasteiger partial charge in [-0.3, -0.25) is 19.6 Å². The van der Waals surface area contributed by atoms with Crippen molar-refractivity contribution in [1.82, 2.24) is 24.8 Å². The van der Waals surface area contributed by atoms with Gasteiger partial charge in [-0.25, -0.2) is 8.78 Å². The van der Waals surface area contributed by atoms with Gasteiger partial charge in [0.1, 0.15) is 23.2 Å². The molecular formula is C44H59ClF2N6O3. The largest absolute Gasteiger partial charge is 0.467 e. The molecule has 4 aromatic rings. The number of morpholine rings is 1. The van der Waals surface area contributed by atoms with E-state index in [0.717, 1.165) is 82.5 Å². The molecule has 4 aliphatic rings. The van der Waals surface area contributed by atoms with E-state index in [0.29, 0.717) is 34.4 Å². The van der Waals surface area contributed by atoms with Gasteiger partial charge in [0, 0.05) is 67.5 Å². The number of alkyl halides is 1. The van der Waals surface area contributed by atoms with Gasteiger partial charge in [0.05, 0.1) is 25.7 Å². The lowest BCUT2D eigenvalue weighted by molar-refractivity contribution is -0.112. The van der Waals surface area contributed by atoms with E-state index in [1.165, 1.54) is 45.6 Å². The van der Waals surface area contributed by atoms with Crippen LogP contribution in [0.2, 0.25) is 5.02 Å². The molecule has 9 nitrogen and oxygen atoms in total. The van der Waals surface area contributed by atoms with Crippen LogP contribution in [0.1, 0.15) is 78.6 Å². The Labute approximate surface area is 336 Å². The number of rotatable bonds is 7.